The molecule has 2 nitrogen and oxygen atoms in total. The van der Waals surface area contributed by atoms with E-state index < -0.39 is 0 Å². The highest BCUT2D eigenvalue weighted by Gasteiger charge is 2.18. The van der Waals surface area contributed by atoms with E-state index in [9.17, 15) is 0 Å². The lowest BCUT2D eigenvalue weighted by Gasteiger charge is -2.33. The number of nitrogens with zero attached hydrogens (tertiary/aromatic N) is 2. The zero-order valence-electron chi connectivity index (χ0n) is 11.9. The van der Waals surface area contributed by atoms with Crippen LogP contribution in [0, 0.1) is 0 Å². The maximum Gasteiger partial charge on any atom is 0.0712 e. The van der Waals surface area contributed by atoms with Gasteiger partial charge in [-0.25, -0.2) is 0 Å². The highest BCUT2D eigenvalue weighted by atomic mass is 35.5. The molecule has 0 amide bonds. The second-order valence-electron chi connectivity index (χ2n) is 5.68. The van der Waals surface area contributed by atoms with Crippen molar-refractivity contribution in [3.8, 4) is 0 Å². The van der Waals surface area contributed by atoms with E-state index in [2.05, 4.69) is 59.3 Å². The third kappa shape index (κ3) is 3.14. The summed E-state index contributed by atoms with van der Waals surface area (Å²) in [6.45, 7) is 5.46. The van der Waals surface area contributed by atoms with Crippen LogP contribution in [0.3, 0.4) is 0 Å². The summed E-state index contributed by atoms with van der Waals surface area (Å²) < 4.78 is 0. The predicted octanol–water partition coefficient (Wildman–Crippen LogP) is 3.37. The third-order valence-corrected chi connectivity index (χ3v) is 4.54. The molecule has 0 saturated carbocycles. The van der Waals surface area contributed by atoms with Gasteiger partial charge in [-0.3, -0.25) is 4.90 Å². The lowest BCUT2D eigenvalue weighted by atomic mass is 10.0. The summed E-state index contributed by atoms with van der Waals surface area (Å²) in [6.07, 6.45) is 0. The molecule has 0 bridgehead atoms. The van der Waals surface area contributed by atoms with Crippen molar-refractivity contribution >= 4 is 22.4 Å². The summed E-state index contributed by atoms with van der Waals surface area (Å²) in [5, 5.41) is 2.62. The average Bonchev–Trinajstić information content (AvgIpc) is 2.49. The highest BCUT2D eigenvalue weighted by molar-refractivity contribution is 6.21. The van der Waals surface area contributed by atoms with Crippen molar-refractivity contribution in [3.05, 3.63) is 48.0 Å². The van der Waals surface area contributed by atoms with Crippen molar-refractivity contribution < 1.29 is 0 Å². The normalized spacial score (nSPS) is 19.3. The van der Waals surface area contributed by atoms with E-state index in [1.807, 2.05) is 0 Å². The van der Waals surface area contributed by atoms with Gasteiger partial charge in [-0.05, 0) is 29.4 Å². The zero-order chi connectivity index (χ0) is 13.9. The number of fused-ring (bicyclic) bond motifs is 1. The molecule has 0 aliphatic carbocycles. The van der Waals surface area contributed by atoms with E-state index in [0.29, 0.717) is 0 Å². The molecule has 1 unspecified atom stereocenters. The van der Waals surface area contributed by atoms with Crippen LogP contribution in [0.5, 0.6) is 0 Å². The lowest BCUT2D eigenvalue weighted by molar-refractivity contribution is 0.154. The molecular formula is C17H21ClN2. The summed E-state index contributed by atoms with van der Waals surface area (Å²) >= 11 is 6.62. The van der Waals surface area contributed by atoms with Crippen molar-refractivity contribution in [1.29, 1.82) is 0 Å². The van der Waals surface area contributed by atoms with Gasteiger partial charge in [-0.2, -0.15) is 0 Å². The van der Waals surface area contributed by atoms with Crippen LogP contribution in [0.1, 0.15) is 10.9 Å². The van der Waals surface area contributed by atoms with Crippen molar-refractivity contribution in [2.45, 2.75) is 5.38 Å². The molecule has 3 heteroatoms. The quantitative estimate of drug-likeness (QED) is 0.799. The first kappa shape index (κ1) is 13.9. The van der Waals surface area contributed by atoms with Crippen LogP contribution >= 0.6 is 11.6 Å². The standard InChI is InChI=1S/C17H21ClN2/c1-19-8-10-20(11-9-19)13-17(18)16-7-6-14-4-2-3-5-15(14)12-16/h2-7,12,17H,8-11,13H2,1H3. The fraction of sp³-hybridized carbons (Fsp3) is 0.412. The Labute approximate surface area is 125 Å². The third-order valence-electron chi connectivity index (χ3n) is 4.15. The van der Waals surface area contributed by atoms with Crippen molar-refractivity contribution in [3.63, 3.8) is 0 Å². The van der Waals surface area contributed by atoms with Gasteiger partial charge in [0, 0.05) is 32.7 Å². The molecule has 1 saturated heterocycles. The molecule has 1 fully saturated rings. The number of likely N-dealkylation sites (N-methyl/N-ethyl adjacent to an activating group) is 1. The van der Waals surface area contributed by atoms with Crippen molar-refractivity contribution in [1.82, 2.24) is 9.80 Å². The summed E-state index contributed by atoms with van der Waals surface area (Å²) in [5.41, 5.74) is 1.23. The summed E-state index contributed by atoms with van der Waals surface area (Å²) in [6, 6.07) is 15.0. The number of benzene rings is 2. The minimum absolute atomic E-state index is 0.0722. The van der Waals surface area contributed by atoms with Crippen LogP contribution in [0.25, 0.3) is 10.8 Å². The maximum absolute atomic E-state index is 6.62. The van der Waals surface area contributed by atoms with Crippen LogP contribution in [-0.2, 0) is 0 Å². The highest BCUT2D eigenvalue weighted by Crippen LogP contribution is 2.25. The monoisotopic (exact) mass is 288 g/mol. The molecule has 106 valence electrons. The van der Waals surface area contributed by atoms with Crippen LogP contribution < -0.4 is 0 Å². The molecule has 0 spiro atoms. The first-order chi connectivity index (χ1) is 9.72. The van der Waals surface area contributed by atoms with Crippen molar-refractivity contribution in [2.75, 3.05) is 39.8 Å². The Morgan fingerprint density at radius 1 is 1.00 bits per heavy atom. The fourth-order valence-electron chi connectivity index (χ4n) is 2.77. The predicted molar refractivity (Wildman–Crippen MR) is 86.5 cm³/mol. The molecule has 0 aromatic heterocycles. The number of piperazine rings is 1. The smallest absolute Gasteiger partial charge is 0.0712 e. The van der Waals surface area contributed by atoms with E-state index in [-0.39, 0.29) is 5.38 Å². The molecule has 3 rings (SSSR count). The Morgan fingerprint density at radius 3 is 2.45 bits per heavy atom. The van der Waals surface area contributed by atoms with E-state index in [1.54, 1.807) is 0 Å². The van der Waals surface area contributed by atoms with Gasteiger partial charge >= 0.3 is 0 Å². The van der Waals surface area contributed by atoms with Crippen LogP contribution in [0.2, 0.25) is 0 Å². The number of halogens is 1. The molecule has 1 aliphatic heterocycles. The van der Waals surface area contributed by atoms with Crippen molar-refractivity contribution in [2.24, 2.45) is 0 Å². The molecule has 2 aromatic carbocycles. The van der Waals surface area contributed by atoms with Gasteiger partial charge in [-0.15, -0.1) is 11.6 Å². The minimum atomic E-state index is 0.0722. The van der Waals surface area contributed by atoms with Crippen LogP contribution in [0.15, 0.2) is 42.5 Å². The number of hydrogen-bond acceptors (Lipinski definition) is 2. The van der Waals surface area contributed by atoms with Gasteiger partial charge < -0.3 is 4.90 Å². The zero-order valence-corrected chi connectivity index (χ0v) is 12.7. The first-order valence-corrected chi connectivity index (χ1v) is 7.70. The molecular weight excluding hydrogens is 268 g/mol. The molecule has 2 aromatic rings. The SMILES string of the molecule is CN1CCN(CC(Cl)c2ccc3ccccc3c2)CC1. The average molecular weight is 289 g/mol. The van der Waals surface area contributed by atoms with E-state index >= 15 is 0 Å². The van der Waals surface area contributed by atoms with Gasteiger partial charge in [0.2, 0.25) is 0 Å². The second kappa shape index (κ2) is 6.13. The van der Waals surface area contributed by atoms with E-state index in [0.717, 1.165) is 32.7 Å². The summed E-state index contributed by atoms with van der Waals surface area (Å²) in [7, 11) is 2.18. The van der Waals surface area contributed by atoms with E-state index in [1.165, 1.54) is 16.3 Å². The lowest BCUT2D eigenvalue weighted by Crippen LogP contribution is -2.45. The summed E-state index contributed by atoms with van der Waals surface area (Å²) in [4.78, 5) is 4.84. The second-order valence-corrected chi connectivity index (χ2v) is 6.20. The fourth-order valence-corrected chi connectivity index (χ4v) is 3.10. The molecule has 0 radical (unpaired) electrons. The molecule has 1 atom stereocenters. The van der Waals surface area contributed by atoms with Gasteiger partial charge in [0.25, 0.3) is 0 Å². The number of hydrogen-bond donors (Lipinski definition) is 0. The Balaban J connectivity index is 1.70. The number of alkyl halides is 1. The Morgan fingerprint density at radius 2 is 1.70 bits per heavy atom. The Kier molecular flexibility index (Phi) is 4.25. The van der Waals surface area contributed by atoms with Crippen LogP contribution in [0.4, 0.5) is 0 Å². The minimum Gasteiger partial charge on any atom is -0.304 e. The van der Waals surface area contributed by atoms with Gasteiger partial charge in [0.1, 0.15) is 0 Å². The molecule has 0 N–H and O–H groups in total. The maximum atomic E-state index is 6.62. The molecule has 1 heterocycles. The molecule has 20 heavy (non-hydrogen) atoms. The van der Waals surface area contributed by atoms with Gasteiger partial charge in [0.15, 0.2) is 0 Å². The largest absolute Gasteiger partial charge is 0.304 e. The Bertz CT molecular complexity index is 576. The van der Waals surface area contributed by atoms with Gasteiger partial charge in [0.05, 0.1) is 5.38 Å². The first-order valence-electron chi connectivity index (χ1n) is 7.26. The topological polar surface area (TPSA) is 6.48 Å². The van der Waals surface area contributed by atoms with Crippen LogP contribution in [-0.4, -0.2) is 49.6 Å². The van der Waals surface area contributed by atoms with E-state index in [4.69, 9.17) is 11.6 Å². The van der Waals surface area contributed by atoms with Gasteiger partial charge in [-0.1, -0.05) is 36.4 Å². The Hall–Kier alpha value is -1.09. The molecule has 1 aliphatic rings. The summed E-state index contributed by atoms with van der Waals surface area (Å²) in [5.74, 6) is 0. The number of rotatable bonds is 3.